The SMILES string of the molecule is CC1COc2ccc(Oc3ccnc4c3CCC(=O)N4)cc21.CN.O=Cc1ccc(-c2ccccc2)o1. The number of nitrogens with two attached hydrogens (primary N) is 1. The summed E-state index contributed by atoms with van der Waals surface area (Å²) in [5.74, 6) is 4.53. The van der Waals surface area contributed by atoms with E-state index < -0.39 is 0 Å². The molecule has 4 heterocycles. The molecular formula is C29H29N3O5. The van der Waals surface area contributed by atoms with E-state index in [-0.39, 0.29) is 5.91 Å². The average molecular weight is 500 g/mol. The summed E-state index contributed by atoms with van der Waals surface area (Å²) >= 11 is 0. The number of anilines is 1. The van der Waals surface area contributed by atoms with Gasteiger partial charge in [-0.1, -0.05) is 37.3 Å². The Morgan fingerprint density at radius 1 is 1.05 bits per heavy atom. The molecule has 2 aromatic heterocycles. The highest BCUT2D eigenvalue weighted by Gasteiger charge is 2.22. The summed E-state index contributed by atoms with van der Waals surface area (Å²) in [6.07, 6.45) is 3.46. The lowest BCUT2D eigenvalue weighted by Gasteiger charge is -2.19. The fraction of sp³-hybridized carbons (Fsp3) is 0.207. The van der Waals surface area contributed by atoms with Crippen molar-refractivity contribution >= 4 is 18.0 Å². The van der Waals surface area contributed by atoms with Crippen LogP contribution in [0, 0.1) is 0 Å². The predicted molar refractivity (Wildman–Crippen MR) is 141 cm³/mol. The van der Waals surface area contributed by atoms with Gasteiger partial charge in [-0.25, -0.2) is 4.98 Å². The summed E-state index contributed by atoms with van der Waals surface area (Å²) in [4.78, 5) is 26.0. The number of nitrogens with one attached hydrogen (secondary N) is 1. The molecule has 6 rings (SSSR count). The zero-order valence-corrected chi connectivity index (χ0v) is 20.8. The molecule has 37 heavy (non-hydrogen) atoms. The van der Waals surface area contributed by atoms with Crippen molar-refractivity contribution in [2.24, 2.45) is 5.73 Å². The number of hydrogen-bond acceptors (Lipinski definition) is 7. The number of carbonyl (C=O) groups is 2. The number of hydrogen-bond donors (Lipinski definition) is 2. The van der Waals surface area contributed by atoms with Crippen molar-refractivity contribution in [2.45, 2.75) is 25.7 Å². The number of aldehydes is 1. The quantitative estimate of drug-likeness (QED) is 0.352. The molecule has 0 fully saturated rings. The van der Waals surface area contributed by atoms with Crippen LogP contribution in [-0.4, -0.2) is 30.8 Å². The van der Waals surface area contributed by atoms with E-state index >= 15 is 0 Å². The number of pyridine rings is 1. The summed E-state index contributed by atoms with van der Waals surface area (Å²) < 4.78 is 16.9. The first kappa shape index (κ1) is 25.7. The van der Waals surface area contributed by atoms with Crippen LogP contribution < -0.4 is 20.5 Å². The van der Waals surface area contributed by atoms with Crippen molar-refractivity contribution < 1.29 is 23.5 Å². The predicted octanol–water partition coefficient (Wildman–Crippen LogP) is 5.59. The number of furan rings is 1. The molecule has 0 saturated carbocycles. The molecule has 4 aromatic rings. The number of aromatic nitrogens is 1. The molecule has 8 heteroatoms. The summed E-state index contributed by atoms with van der Waals surface area (Å²) in [5.41, 5.74) is 7.61. The molecule has 0 aliphatic carbocycles. The number of carbonyl (C=O) groups excluding carboxylic acids is 2. The second-order valence-electron chi connectivity index (χ2n) is 8.38. The van der Waals surface area contributed by atoms with Gasteiger partial charge in [-0.2, -0.15) is 0 Å². The molecule has 190 valence electrons. The fourth-order valence-corrected chi connectivity index (χ4v) is 4.06. The highest BCUT2D eigenvalue weighted by atomic mass is 16.5. The maximum absolute atomic E-state index is 11.5. The van der Waals surface area contributed by atoms with Crippen LogP contribution in [0.4, 0.5) is 5.82 Å². The smallest absolute Gasteiger partial charge is 0.225 e. The molecule has 0 saturated heterocycles. The van der Waals surface area contributed by atoms with Gasteiger partial charge in [0.2, 0.25) is 5.91 Å². The molecular weight excluding hydrogens is 470 g/mol. The van der Waals surface area contributed by atoms with Crippen molar-refractivity contribution in [1.82, 2.24) is 4.98 Å². The van der Waals surface area contributed by atoms with E-state index in [0.717, 1.165) is 40.7 Å². The third-order valence-electron chi connectivity index (χ3n) is 5.90. The van der Waals surface area contributed by atoms with Crippen LogP contribution >= 0.6 is 0 Å². The van der Waals surface area contributed by atoms with Crippen molar-refractivity contribution in [3.63, 3.8) is 0 Å². The molecule has 0 radical (unpaired) electrons. The van der Waals surface area contributed by atoms with Crippen molar-refractivity contribution in [3.8, 4) is 28.6 Å². The highest BCUT2D eigenvalue weighted by molar-refractivity contribution is 5.93. The normalized spacial score (nSPS) is 14.9. The Labute approximate surface area is 215 Å². The fourth-order valence-electron chi connectivity index (χ4n) is 4.06. The van der Waals surface area contributed by atoms with Gasteiger partial charge in [0.15, 0.2) is 12.0 Å². The number of amides is 1. The molecule has 1 unspecified atom stereocenters. The first-order valence-corrected chi connectivity index (χ1v) is 12.0. The van der Waals surface area contributed by atoms with Gasteiger partial charge < -0.3 is 24.9 Å². The third-order valence-corrected chi connectivity index (χ3v) is 5.90. The number of nitrogens with zero attached hydrogens (tertiary/aromatic N) is 1. The zero-order valence-electron chi connectivity index (χ0n) is 20.8. The minimum atomic E-state index is 0.000606. The maximum atomic E-state index is 11.5. The minimum absolute atomic E-state index is 0.000606. The molecule has 0 bridgehead atoms. The van der Waals surface area contributed by atoms with Crippen molar-refractivity contribution in [1.29, 1.82) is 0 Å². The number of fused-ring (bicyclic) bond motifs is 2. The Balaban J connectivity index is 0.000000182. The van der Waals surface area contributed by atoms with Crippen molar-refractivity contribution in [3.05, 3.63) is 89.8 Å². The molecule has 2 aliphatic rings. The van der Waals surface area contributed by atoms with E-state index in [9.17, 15) is 9.59 Å². The van der Waals surface area contributed by atoms with Gasteiger partial charge in [0.05, 0.1) is 6.61 Å². The Kier molecular flexibility index (Phi) is 8.33. The number of benzene rings is 2. The monoisotopic (exact) mass is 499 g/mol. The maximum Gasteiger partial charge on any atom is 0.225 e. The Hall–Kier alpha value is -4.43. The molecule has 3 N–H and O–H groups in total. The van der Waals surface area contributed by atoms with Crippen LogP contribution in [0.25, 0.3) is 11.3 Å². The van der Waals surface area contributed by atoms with Gasteiger partial charge in [-0.15, -0.1) is 0 Å². The molecule has 1 amide bonds. The summed E-state index contributed by atoms with van der Waals surface area (Å²) in [6.45, 7) is 2.86. The van der Waals surface area contributed by atoms with Crippen LogP contribution in [0.1, 0.15) is 40.9 Å². The largest absolute Gasteiger partial charge is 0.493 e. The molecule has 1 atom stereocenters. The highest BCUT2D eigenvalue weighted by Crippen LogP contribution is 2.38. The molecule has 8 nitrogen and oxygen atoms in total. The lowest BCUT2D eigenvalue weighted by atomic mass is 10.0. The van der Waals surface area contributed by atoms with Gasteiger partial charge in [-0.3, -0.25) is 9.59 Å². The summed E-state index contributed by atoms with van der Waals surface area (Å²) in [6, 6.07) is 20.8. The van der Waals surface area contributed by atoms with E-state index in [1.807, 2.05) is 54.6 Å². The van der Waals surface area contributed by atoms with Crippen LogP contribution in [0.3, 0.4) is 0 Å². The van der Waals surface area contributed by atoms with Gasteiger partial charge in [0, 0.05) is 35.2 Å². The Morgan fingerprint density at radius 2 is 1.86 bits per heavy atom. The first-order chi connectivity index (χ1) is 18.1. The Bertz CT molecular complexity index is 1370. The van der Waals surface area contributed by atoms with E-state index in [0.29, 0.717) is 36.6 Å². The molecule has 2 aromatic carbocycles. The van der Waals surface area contributed by atoms with Gasteiger partial charge in [0.25, 0.3) is 0 Å². The second-order valence-corrected chi connectivity index (χ2v) is 8.38. The molecule has 0 spiro atoms. The van der Waals surface area contributed by atoms with E-state index in [1.54, 1.807) is 18.3 Å². The van der Waals surface area contributed by atoms with E-state index in [4.69, 9.17) is 13.9 Å². The lowest BCUT2D eigenvalue weighted by molar-refractivity contribution is -0.116. The van der Waals surface area contributed by atoms with Crippen molar-refractivity contribution in [2.75, 3.05) is 19.0 Å². The zero-order chi connectivity index (χ0) is 26.2. The Morgan fingerprint density at radius 3 is 2.62 bits per heavy atom. The van der Waals surface area contributed by atoms with Crippen LogP contribution in [0.15, 0.2) is 77.3 Å². The minimum Gasteiger partial charge on any atom is -0.493 e. The van der Waals surface area contributed by atoms with Gasteiger partial charge in [0.1, 0.15) is 28.8 Å². The van der Waals surface area contributed by atoms with Crippen LogP contribution in [-0.2, 0) is 11.2 Å². The number of ether oxygens (including phenoxy) is 2. The number of rotatable bonds is 4. The summed E-state index contributed by atoms with van der Waals surface area (Å²) in [5, 5.41) is 2.78. The van der Waals surface area contributed by atoms with Gasteiger partial charge >= 0.3 is 0 Å². The van der Waals surface area contributed by atoms with Gasteiger partial charge in [-0.05, 0) is 49.9 Å². The first-order valence-electron chi connectivity index (χ1n) is 12.0. The standard InChI is InChI=1S/C17H16N2O3.C11H8O2.CH5N/c1-10-9-21-14-4-2-11(8-13(10)14)22-15-6-7-18-17-12(15)3-5-16(20)19-17;12-8-10-6-7-11(13-10)9-4-2-1-3-5-9;1-2/h2,4,6-8,10H,3,5,9H2,1H3,(H,18,19,20);1-8H;2H2,1H3. The van der Waals surface area contributed by atoms with E-state index in [2.05, 4.69) is 23.0 Å². The lowest BCUT2D eigenvalue weighted by Crippen LogP contribution is -2.20. The second kappa shape index (κ2) is 12.0. The average Bonchev–Trinajstić information content (AvgIpc) is 3.58. The summed E-state index contributed by atoms with van der Waals surface area (Å²) in [7, 11) is 1.50. The topological polar surface area (TPSA) is 117 Å². The third kappa shape index (κ3) is 6.05. The molecule has 2 aliphatic heterocycles. The van der Waals surface area contributed by atoms with Crippen LogP contribution in [0.5, 0.6) is 17.2 Å². The van der Waals surface area contributed by atoms with Crippen LogP contribution in [0.2, 0.25) is 0 Å². The van der Waals surface area contributed by atoms with E-state index in [1.165, 1.54) is 12.6 Å².